The van der Waals surface area contributed by atoms with E-state index in [-0.39, 0.29) is 6.10 Å². The molecule has 0 spiro atoms. The van der Waals surface area contributed by atoms with Gasteiger partial charge in [0, 0.05) is 12.6 Å². The van der Waals surface area contributed by atoms with E-state index in [0.29, 0.717) is 25.1 Å². The normalized spacial score (nSPS) is 21.8. The zero-order valence-corrected chi connectivity index (χ0v) is 13.1. The Hall–Kier alpha value is -0.160. The van der Waals surface area contributed by atoms with Crippen LogP contribution in [0.5, 0.6) is 0 Å². The third kappa shape index (κ3) is 7.88. The van der Waals surface area contributed by atoms with Gasteiger partial charge in [0.2, 0.25) is 0 Å². The lowest BCUT2D eigenvalue weighted by Crippen LogP contribution is -2.44. The van der Waals surface area contributed by atoms with Crippen molar-refractivity contribution < 1.29 is 9.84 Å². The standard InChI is InChI=1S/C15H32N2O2/c1-12(2)9-13(3)19-11-15(18)10-16-14-5-7-17(4)8-6-14/h12-16,18H,5-11H2,1-4H3. The van der Waals surface area contributed by atoms with Gasteiger partial charge in [0.15, 0.2) is 0 Å². The van der Waals surface area contributed by atoms with Crippen molar-refractivity contribution in [2.45, 2.75) is 58.3 Å². The van der Waals surface area contributed by atoms with Crippen molar-refractivity contribution in [1.82, 2.24) is 10.2 Å². The number of nitrogens with one attached hydrogen (secondary N) is 1. The summed E-state index contributed by atoms with van der Waals surface area (Å²) in [6.07, 6.45) is 3.24. The van der Waals surface area contributed by atoms with Gasteiger partial charge in [-0.1, -0.05) is 13.8 Å². The number of ether oxygens (including phenoxy) is 1. The van der Waals surface area contributed by atoms with E-state index in [2.05, 4.69) is 38.0 Å². The van der Waals surface area contributed by atoms with Crippen LogP contribution in [0.4, 0.5) is 0 Å². The number of aliphatic hydroxyl groups excluding tert-OH is 1. The third-order valence-electron chi connectivity index (χ3n) is 3.74. The van der Waals surface area contributed by atoms with Crippen molar-refractivity contribution in [3.05, 3.63) is 0 Å². The molecule has 0 bridgehead atoms. The molecule has 0 aliphatic carbocycles. The largest absolute Gasteiger partial charge is 0.389 e. The fourth-order valence-electron chi connectivity index (χ4n) is 2.58. The van der Waals surface area contributed by atoms with Crippen LogP contribution in [0, 0.1) is 5.92 Å². The molecule has 0 saturated carbocycles. The smallest absolute Gasteiger partial charge is 0.0897 e. The van der Waals surface area contributed by atoms with E-state index >= 15 is 0 Å². The van der Waals surface area contributed by atoms with Crippen LogP contribution >= 0.6 is 0 Å². The lowest BCUT2D eigenvalue weighted by atomic mass is 10.1. The molecule has 1 aliphatic heterocycles. The lowest BCUT2D eigenvalue weighted by Gasteiger charge is -2.30. The average Bonchev–Trinajstić information content (AvgIpc) is 2.35. The van der Waals surface area contributed by atoms with E-state index in [1.54, 1.807) is 0 Å². The molecule has 0 amide bonds. The van der Waals surface area contributed by atoms with Crippen molar-refractivity contribution in [2.75, 3.05) is 33.3 Å². The summed E-state index contributed by atoms with van der Waals surface area (Å²) in [7, 11) is 2.16. The molecular weight excluding hydrogens is 240 g/mol. The monoisotopic (exact) mass is 272 g/mol. The number of likely N-dealkylation sites (tertiary alicyclic amines) is 1. The molecule has 19 heavy (non-hydrogen) atoms. The first kappa shape index (κ1) is 16.9. The summed E-state index contributed by atoms with van der Waals surface area (Å²) in [5.74, 6) is 0.643. The van der Waals surface area contributed by atoms with Crippen LogP contribution in [0.25, 0.3) is 0 Å². The summed E-state index contributed by atoms with van der Waals surface area (Å²) in [4.78, 5) is 2.35. The molecule has 0 aromatic carbocycles. The minimum Gasteiger partial charge on any atom is -0.389 e. The Morgan fingerprint density at radius 2 is 1.89 bits per heavy atom. The molecule has 0 aromatic rings. The highest BCUT2D eigenvalue weighted by Gasteiger charge is 2.17. The zero-order chi connectivity index (χ0) is 14.3. The molecule has 0 radical (unpaired) electrons. The highest BCUT2D eigenvalue weighted by Crippen LogP contribution is 2.09. The molecule has 1 heterocycles. The van der Waals surface area contributed by atoms with Gasteiger partial charge in [-0.05, 0) is 52.2 Å². The van der Waals surface area contributed by atoms with Gasteiger partial charge < -0.3 is 20.1 Å². The van der Waals surface area contributed by atoms with E-state index < -0.39 is 6.10 Å². The van der Waals surface area contributed by atoms with Crippen LogP contribution in [-0.2, 0) is 4.74 Å². The highest BCUT2D eigenvalue weighted by atomic mass is 16.5. The second-order valence-electron chi connectivity index (χ2n) is 6.41. The van der Waals surface area contributed by atoms with Gasteiger partial charge in [-0.3, -0.25) is 0 Å². The molecule has 2 unspecified atom stereocenters. The third-order valence-corrected chi connectivity index (χ3v) is 3.74. The Labute approximate surface area is 118 Å². The Bertz CT molecular complexity index is 228. The van der Waals surface area contributed by atoms with Crippen molar-refractivity contribution >= 4 is 0 Å². The summed E-state index contributed by atoms with van der Waals surface area (Å²) in [6.45, 7) is 9.84. The van der Waals surface area contributed by atoms with Crippen molar-refractivity contribution in [2.24, 2.45) is 5.92 Å². The summed E-state index contributed by atoms with van der Waals surface area (Å²) in [5.41, 5.74) is 0. The topological polar surface area (TPSA) is 44.7 Å². The molecule has 1 rings (SSSR count). The van der Waals surface area contributed by atoms with Crippen LogP contribution < -0.4 is 5.32 Å². The van der Waals surface area contributed by atoms with Crippen molar-refractivity contribution in [1.29, 1.82) is 0 Å². The number of rotatable bonds is 8. The second-order valence-corrected chi connectivity index (χ2v) is 6.41. The Kier molecular flexibility index (Phi) is 7.91. The van der Waals surface area contributed by atoms with E-state index in [1.807, 2.05) is 0 Å². The zero-order valence-electron chi connectivity index (χ0n) is 13.1. The first-order chi connectivity index (χ1) is 8.97. The van der Waals surface area contributed by atoms with Crippen LogP contribution in [0.3, 0.4) is 0 Å². The van der Waals surface area contributed by atoms with Gasteiger partial charge in [-0.15, -0.1) is 0 Å². The highest BCUT2D eigenvalue weighted by molar-refractivity contribution is 4.76. The first-order valence-electron chi connectivity index (χ1n) is 7.69. The molecule has 1 aliphatic rings. The minimum atomic E-state index is -0.394. The van der Waals surface area contributed by atoms with E-state index in [9.17, 15) is 5.11 Å². The predicted molar refractivity (Wildman–Crippen MR) is 79.4 cm³/mol. The molecule has 4 heteroatoms. The summed E-state index contributed by atoms with van der Waals surface area (Å²) < 4.78 is 5.67. The molecular formula is C15H32N2O2. The minimum absolute atomic E-state index is 0.234. The number of hydrogen-bond donors (Lipinski definition) is 2. The molecule has 1 fully saturated rings. The fourth-order valence-corrected chi connectivity index (χ4v) is 2.58. The van der Waals surface area contributed by atoms with Crippen LogP contribution in [0.15, 0.2) is 0 Å². The number of aliphatic hydroxyl groups is 1. The molecule has 1 saturated heterocycles. The molecule has 2 atom stereocenters. The predicted octanol–water partition coefficient (Wildman–Crippen LogP) is 1.48. The average molecular weight is 272 g/mol. The Balaban J connectivity index is 2.06. The second kappa shape index (κ2) is 8.90. The van der Waals surface area contributed by atoms with Gasteiger partial charge in [-0.2, -0.15) is 0 Å². The number of nitrogens with zero attached hydrogens (tertiary/aromatic N) is 1. The van der Waals surface area contributed by atoms with Crippen LogP contribution in [0.2, 0.25) is 0 Å². The summed E-state index contributed by atoms with van der Waals surface area (Å²) >= 11 is 0. The van der Waals surface area contributed by atoms with Gasteiger partial charge in [0.05, 0.1) is 18.8 Å². The molecule has 114 valence electrons. The fraction of sp³-hybridized carbons (Fsp3) is 1.00. The summed E-state index contributed by atoms with van der Waals surface area (Å²) in [5, 5.41) is 13.4. The molecule has 4 nitrogen and oxygen atoms in total. The maximum Gasteiger partial charge on any atom is 0.0897 e. The van der Waals surface area contributed by atoms with Gasteiger partial charge in [0.25, 0.3) is 0 Å². The number of piperidine rings is 1. The SMILES string of the molecule is CC(C)CC(C)OCC(O)CNC1CCN(C)CC1. The van der Waals surface area contributed by atoms with Crippen LogP contribution in [0.1, 0.15) is 40.0 Å². The lowest BCUT2D eigenvalue weighted by molar-refractivity contribution is -0.00980. The van der Waals surface area contributed by atoms with Crippen LogP contribution in [-0.4, -0.2) is 61.5 Å². The first-order valence-corrected chi connectivity index (χ1v) is 7.69. The molecule has 0 aromatic heterocycles. The van der Waals surface area contributed by atoms with Gasteiger partial charge in [-0.25, -0.2) is 0 Å². The van der Waals surface area contributed by atoms with Crippen molar-refractivity contribution in [3.8, 4) is 0 Å². The number of hydrogen-bond acceptors (Lipinski definition) is 4. The Morgan fingerprint density at radius 1 is 1.26 bits per heavy atom. The molecule has 2 N–H and O–H groups in total. The maximum absolute atomic E-state index is 9.92. The van der Waals surface area contributed by atoms with Gasteiger partial charge >= 0.3 is 0 Å². The van der Waals surface area contributed by atoms with Gasteiger partial charge in [0.1, 0.15) is 0 Å². The maximum atomic E-state index is 9.92. The van der Waals surface area contributed by atoms with E-state index in [0.717, 1.165) is 19.5 Å². The van der Waals surface area contributed by atoms with Crippen molar-refractivity contribution in [3.63, 3.8) is 0 Å². The van der Waals surface area contributed by atoms with E-state index in [4.69, 9.17) is 4.74 Å². The quantitative estimate of drug-likeness (QED) is 0.702. The summed E-state index contributed by atoms with van der Waals surface area (Å²) in [6, 6.07) is 0.555. The Morgan fingerprint density at radius 3 is 2.47 bits per heavy atom. The van der Waals surface area contributed by atoms with E-state index in [1.165, 1.54) is 12.8 Å².